The molecule has 0 saturated carbocycles. The average molecular weight is 591 g/mol. The van der Waals surface area contributed by atoms with Crippen LogP contribution in [-0.4, -0.2) is 12.2 Å². The Balaban J connectivity index is 1.33. The summed E-state index contributed by atoms with van der Waals surface area (Å²) in [6.07, 6.45) is 0.151. The van der Waals surface area contributed by atoms with E-state index in [1.54, 1.807) is 24.3 Å². The van der Waals surface area contributed by atoms with E-state index >= 15 is 35.1 Å². The number of hydrogen-bond acceptors (Lipinski definition) is 2. The SMILES string of the molecule is Fc1c(F)c(-c2c(F)c(F)c(OC3CCc4ccccc4C3)c(F)c2F)c(F)c(F)c1OC1CCc2ccccc2C1. The van der Waals surface area contributed by atoms with Gasteiger partial charge in [0.05, 0.1) is 11.1 Å². The van der Waals surface area contributed by atoms with E-state index in [1.165, 1.54) is 0 Å². The van der Waals surface area contributed by atoms with Crippen molar-refractivity contribution in [3.8, 4) is 22.6 Å². The van der Waals surface area contributed by atoms with E-state index in [9.17, 15) is 0 Å². The van der Waals surface area contributed by atoms with E-state index in [0.29, 0.717) is 12.8 Å². The van der Waals surface area contributed by atoms with Crippen molar-refractivity contribution in [2.24, 2.45) is 0 Å². The molecule has 0 bridgehead atoms. The number of benzene rings is 4. The maximum absolute atomic E-state index is 15.1. The zero-order valence-electron chi connectivity index (χ0n) is 21.9. The van der Waals surface area contributed by atoms with Crippen LogP contribution in [0.25, 0.3) is 11.1 Å². The average Bonchev–Trinajstić information content (AvgIpc) is 3.01. The summed E-state index contributed by atoms with van der Waals surface area (Å²) in [4.78, 5) is 0. The molecule has 4 aromatic carbocycles. The largest absolute Gasteiger partial charge is 0.484 e. The Bertz CT molecular complexity index is 1520. The molecule has 0 N–H and O–H groups in total. The molecule has 42 heavy (non-hydrogen) atoms. The summed E-state index contributed by atoms with van der Waals surface area (Å²) in [6.45, 7) is 0. The van der Waals surface area contributed by atoms with Gasteiger partial charge in [-0.1, -0.05) is 48.5 Å². The number of aryl methyl sites for hydroxylation is 2. The highest BCUT2D eigenvalue weighted by molar-refractivity contribution is 5.69. The Hall–Kier alpha value is -4.08. The van der Waals surface area contributed by atoms with Gasteiger partial charge in [-0.05, 0) is 47.9 Å². The molecule has 2 aliphatic rings. The van der Waals surface area contributed by atoms with Gasteiger partial charge in [0.15, 0.2) is 34.8 Å². The molecule has 10 heteroatoms. The number of hydrogen-bond donors (Lipinski definition) is 0. The topological polar surface area (TPSA) is 18.5 Å². The van der Waals surface area contributed by atoms with Crippen LogP contribution in [0.3, 0.4) is 0 Å². The van der Waals surface area contributed by atoms with Crippen LogP contribution in [0, 0.1) is 46.5 Å². The number of fused-ring (bicyclic) bond motifs is 2. The maximum Gasteiger partial charge on any atom is 0.204 e. The molecule has 0 heterocycles. The smallest absolute Gasteiger partial charge is 0.204 e. The summed E-state index contributed by atoms with van der Waals surface area (Å²) in [5.74, 6) is -20.3. The van der Waals surface area contributed by atoms with Crippen molar-refractivity contribution in [3.63, 3.8) is 0 Å². The van der Waals surface area contributed by atoms with Crippen molar-refractivity contribution in [2.75, 3.05) is 0 Å². The fourth-order valence-corrected chi connectivity index (χ4v) is 5.73. The van der Waals surface area contributed by atoms with E-state index in [4.69, 9.17) is 9.47 Å². The summed E-state index contributed by atoms with van der Waals surface area (Å²) in [5, 5.41) is 0. The van der Waals surface area contributed by atoms with E-state index in [2.05, 4.69) is 0 Å². The van der Waals surface area contributed by atoms with Crippen molar-refractivity contribution in [1.82, 2.24) is 0 Å². The van der Waals surface area contributed by atoms with Crippen LogP contribution in [-0.2, 0) is 25.7 Å². The van der Waals surface area contributed by atoms with E-state index in [-0.39, 0.29) is 25.7 Å². The molecule has 0 radical (unpaired) electrons. The molecule has 4 aromatic rings. The third-order valence-corrected chi connectivity index (χ3v) is 7.87. The monoisotopic (exact) mass is 590 g/mol. The van der Waals surface area contributed by atoms with Gasteiger partial charge in [-0.3, -0.25) is 0 Å². The van der Waals surface area contributed by atoms with Gasteiger partial charge in [0.25, 0.3) is 0 Å². The van der Waals surface area contributed by atoms with Crippen LogP contribution in [0.15, 0.2) is 48.5 Å². The van der Waals surface area contributed by atoms with Crippen molar-refractivity contribution in [2.45, 2.75) is 50.7 Å². The van der Waals surface area contributed by atoms with Gasteiger partial charge in [0.1, 0.15) is 12.2 Å². The van der Waals surface area contributed by atoms with Crippen LogP contribution < -0.4 is 9.47 Å². The third kappa shape index (κ3) is 4.76. The molecular weight excluding hydrogens is 568 g/mol. The zero-order chi connectivity index (χ0) is 29.7. The van der Waals surface area contributed by atoms with Crippen molar-refractivity contribution >= 4 is 0 Å². The predicted molar refractivity (Wildman–Crippen MR) is 137 cm³/mol. The summed E-state index contributed by atoms with van der Waals surface area (Å²) in [7, 11) is 0. The van der Waals surface area contributed by atoms with Crippen LogP contribution in [0.5, 0.6) is 11.5 Å². The molecule has 0 aromatic heterocycles. The molecule has 2 nitrogen and oxygen atoms in total. The molecule has 0 fully saturated rings. The van der Waals surface area contributed by atoms with Crippen molar-refractivity contribution in [1.29, 1.82) is 0 Å². The fraction of sp³-hybridized carbons (Fsp3) is 0.250. The molecule has 218 valence electrons. The first-order valence-electron chi connectivity index (χ1n) is 13.3. The lowest BCUT2D eigenvalue weighted by atomic mass is 9.90. The first kappa shape index (κ1) is 28.1. The Morgan fingerprint density at radius 2 is 0.738 bits per heavy atom. The number of ether oxygens (including phenoxy) is 2. The summed E-state index contributed by atoms with van der Waals surface area (Å²) in [5.41, 5.74) is -0.276. The molecule has 2 unspecified atom stereocenters. The third-order valence-electron chi connectivity index (χ3n) is 7.87. The van der Waals surface area contributed by atoms with E-state index < -0.39 is 81.4 Å². The standard InChI is InChI=1S/C32H22F8O2/c33-23-21(24(34)28(38)31(27(23)37)41-19-11-9-15-5-1-3-7-17(15)13-19)22-25(35)29(39)32(30(40)26(22)36)42-20-12-10-16-6-2-4-8-18(16)14-20/h1-8,19-20H,9-14H2. The molecule has 0 aliphatic heterocycles. The molecule has 0 spiro atoms. The molecule has 6 rings (SSSR count). The quantitative estimate of drug-likeness (QED) is 0.172. The normalized spacial score (nSPS) is 17.9. The highest BCUT2D eigenvalue weighted by atomic mass is 19.2. The van der Waals surface area contributed by atoms with Gasteiger partial charge < -0.3 is 9.47 Å². The Morgan fingerprint density at radius 3 is 1.07 bits per heavy atom. The summed E-state index contributed by atoms with van der Waals surface area (Å²) < 4.78 is 131. The Morgan fingerprint density at radius 1 is 0.429 bits per heavy atom. The Labute approximate surface area is 235 Å². The van der Waals surface area contributed by atoms with Gasteiger partial charge in [0, 0.05) is 12.8 Å². The lowest BCUT2D eigenvalue weighted by molar-refractivity contribution is 0.163. The van der Waals surface area contributed by atoms with Crippen LogP contribution in [0.4, 0.5) is 35.1 Å². The fourth-order valence-electron chi connectivity index (χ4n) is 5.73. The lowest BCUT2D eigenvalue weighted by Crippen LogP contribution is -2.27. The van der Waals surface area contributed by atoms with Crippen LogP contribution >= 0.6 is 0 Å². The molecule has 0 saturated heterocycles. The van der Waals surface area contributed by atoms with Gasteiger partial charge in [-0.25, -0.2) is 17.6 Å². The second kappa shape index (κ2) is 11.0. The molecule has 0 amide bonds. The first-order chi connectivity index (χ1) is 20.2. The molecular formula is C32H22F8O2. The number of rotatable bonds is 5. The zero-order valence-corrected chi connectivity index (χ0v) is 21.9. The minimum atomic E-state index is -2.27. The van der Waals surface area contributed by atoms with E-state index in [1.807, 2.05) is 24.3 Å². The second-order valence-corrected chi connectivity index (χ2v) is 10.4. The Kier molecular flexibility index (Phi) is 7.32. The van der Waals surface area contributed by atoms with Gasteiger partial charge in [-0.15, -0.1) is 0 Å². The predicted octanol–water partition coefficient (Wildman–Crippen LogP) is 8.34. The number of halogens is 8. The van der Waals surface area contributed by atoms with Crippen LogP contribution in [0.1, 0.15) is 35.1 Å². The minimum absolute atomic E-state index is 0.188. The van der Waals surface area contributed by atoms with Gasteiger partial charge >= 0.3 is 0 Å². The highest BCUT2D eigenvalue weighted by Gasteiger charge is 2.37. The first-order valence-corrected chi connectivity index (χ1v) is 13.3. The van der Waals surface area contributed by atoms with Crippen molar-refractivity contribution < 1.29 is 44.6 Å². The highest BCUT2D eigenvalue weighted by Crippen LogP contribution is 2.43. The summed E-state index contributed by atoms with van der Waals surface area (Å²) in [6, 6.07) is 14.4. The second-order valence-electron chi connectivity index (χ2n) is 10.4. The van der Waals surface area contributed by atoms with Gasteiger partial charge in [0.2, 0.25) is 23.3 Å². The molecule has 2 aliphatic carbocycles. The van der Waals surface area contributed by atoms with Crippen LogP contribution in [0.2, 0.25) is 0 Å². The minimum Gasteiger partial charge on any atom is -0.484 e. The van der Waals surface area contributed by atoms with E-state index in [0.717, 1.165) is 22.3 Å². The van der Waals surface area contributed by atoms with Gasteiger partial charge in [-0.2, -0.15) is 17.6 Å². The maximum atomic E-state index is 15.1. The molecule has 2 atom stereocenters. The van der Waals surface area contributed by atoms with Crippen molar-refractivity contribution in [3.05, 3.63) is 117 Å². The summed E-state index contributed by atoms with van der Waals surface area (Å²) >= 11 is 0. The lowest BCUT2D eigenvalue weighted by Gasteiger charge is -2.26.